The van der Waals surface area contributed by atoms with Gasteiger partial charge in [0.25, 0.3) is 0 Å². The highest BCUT2D eigenvalue weighted by Gasteiger charge is 2.08. The van der Waals surface area contributed by atoms with E-state index in [0.717, 1.165) is 30.3 Å². The van der Waals surface area contributed by atoms with Crippen LogP contribution in [0.4, 0.5) is 5.69 Å². The molecule has 0 atom stereocenters. The van der Waals surface area contributed by atoms with Gasteiger partial charge in [0.05, 0.1) is 13.1 Å². The molecule has 0 unspecified atom stereocenters. The number of likely N-dealkylation sites (N-methyl/N-ethyl adjacent to an activating group) is 1. The highest BCUT2D eigenvalue weighted by molar-refractivity contribution is 14.0. The third kappa shape index (κ3) is 9.92. The van der Waals surface area contributed by atoms with Crippen LogP contribution in [0.3, 0.4) is 0 Å². The van der Waals surface area contributed by atoms with Crippen LogP contribution in [-0.2, 0) is 17.9 Å². The molecule has 0 aliphatic carbocycles. The minimum Gasteiger partial charge on any atom is -0.357 e. The van der Waals surface area contributed by atoms with Crippen LogP contribution in [-0.4, -0.2) is 62.2 Å². The number of hydrogen-bond acceptors (Lipinski definition) is 4. The van der Waals surface area contributed by atoms with Crippen LogP contribution in [0.15, 0.2) is 58.4 Å². The molecule has 0 saturated heterocycles. The van der Waals surface area contributed by atoms with Crippen molar-refractivity contribution in [3.63, 3.8) is 0 Å². The maximum atomic E-state index is 12.0. The van der Waals surface area contributed by atoms with E-state index >= 15 is 0 Å². The number of rotatable bonds is 9. The summed E-state index contributed by atoms with van der Waals surface area (Å²) in [5.74, 6) is 0.828. The normalized spacial score (nSPS) is 11.1. The lowest BCUT2D eigenvalue weighted by atomic mass is 10.2. The van der Waals surface area contributed by atoms with Crippen LogP contribution in [0.25, 0.3) is 0 Å². The predicted octanol–water partition coefficient (Wildman–Crippen LogP) is 4.12. The standard InChI is InChI=1S/C23H33N5OS.HI/c1-6-24-23(28(4)16-18-10-12-21(30-5)13-11-18)25-15-19-8-7-9-20(14-19)26-22(29)17-27(2)3;/h7-14H,6,15-17H2,1-5H3,(H,24,25)(H,26,29);1H. The Morgan fingerprint density at radius 3 is 2.39 bits per heavy atom. The molecule has 0 aliphatic rings. The number of carbonyl (C=O) groups excluding carboxylic acids is 1. The van der Waals surface area contributed by atoms with Gasteiger partial charge in [-0.1, -0.05) is 24.3 Å². The summed E-state index contributed by atoms with van der Waals surface area (Å²) in [6, 6.07) is 16.5. The van der Waals surface area contributed by atoms with Crippen molar-refractivity contribution in [3.05, 3.63) is 59.7 Å². The van der Waals surface area contributed by atoms with Crippen molar-refractivity contribution in [2.45, 2.75) is 24.9 Å². The quantitative estimate of drug-likeness (QED) is 0.211. The van der Waals surface area contributed by atoms with Gasteiger partial charge < -0.3 is 20.4 Å². The third-order valence-corrected chi connectivity index (χ3v) is 5.10. The second kappa shape index (κ2) is 14.3. The lowest BCUT2D eigenvalue weighted by Crippen LogP contribution is -2.38. The van der Waals surface area contributed by atoms with Gasteiger partial charge in [-0.15, -0.1) is 35.7 Å². The van der Waals surface area contributed by atoms with E-state index in [1.165, 1.54) is 10.5 Å². The zero-order chi connectivity index (χ0) is 21.9. The molecule has 0 fully saturated rings. The summed E-state index contributed by atoms with van der Waals surface area (Å²) in [7, 11) is 5.79. The zero-order valence-corrected chi connectivity index (χ0v) is 22.2. The number of nitrogens with zero attached hydrogens (tertiary/aromatic N) is 3. The minimum atomic E-state index is -0.0267. The van der Waals surface area contributed by atoms with Gasteiger partial charge in [-0.25, -0.2) is 4.99 Å². The average molecular weight is 556 g/mol. The van der Waals surface area contributed by atoms with Gasteiger partial charge in [-0.3, -0.25) is 4.79 Å². The molecule has 0 spiro atoms. The van der Waals surface area contributed by atoms with E-state index < -0.39 is 0 Å². The Balaban J connectivity index is 0.00000480. The number of thioether (sulfide) groups is 1. The van der Waals surface area contributed by atoms with E-state index in [0.29, 0.717) is 13.1 Å². The highest BCUT2D eigenvalue weighted by atomic mass is 127. The second-order valence-corrected chi connectivity index (χ2v) is 8.24. The van der Waals surface area contributed by atoms with Crippen LogP contribution in [0.5, 0.6) is 0 Å². The Kier molecular flexibility index (Phi) is 12.6. The number of amides is 1. The maximum Gasteiger partial charge on any atom is 0.238 e. The second-order valence-electron chi connectivity index (χ2n) is 7.36. The van der Waals surface area contributed by atoms with Gasteiger partial charge in [0.2, 0.25) is 5.91 Å². The van der Waals surface area contributed by atoms with E-state index in [9.17, 15) is 4.79 Å². The molecule has 0 aromatic heterocycles. The topological polar surface area (TPSA) is 60.0 Å². The number of aliphatic imine (C=N–C) groups is 1. The summed E-state index contributed by atoms with van der Waals surface area (Å²) < 4.78 is 0. The fourth-order valence-corrected chi connectivity index (χ4v) is 3.36. The molecular formula is C23H34IN5OS. The zero-order valence-electron chi connectivity index (χ0n) is 19.0. The van der Waals surface area contributed by atoms with Gasteiger partial charge in [0.15, 0.2) is 5.96 Å². The van der Waals surface area contributed by atoms with Gasteiger partial charge in [-0.2, -0.15) is 0 Å². The SMILES string of the molecule is CCNC(=NCc1cccc(NC(=O)CN(C)C)c1)N(C)Cc1ccc(SC)cc1.I. The fraction of sp³-hybridized carbons (Fsp3) is 0.391. The summed E-state index contributed by atoms with van der Waals surface area (Å²) in [4.78, 5) is 22.0. The smallest absolute Gasteiger partial charge is 0.238 e. The molecular weight excluding hydrogens is 521 g/mol. The Morgan fingerprint density at radius 1 is 1.06 bits per heavy atom. The van der Waals surface area contributed by atoms with Gasteiger partial charge in [-0.05, 0) is 62.7 Å². The minimum absolute atomic E-state index is 0. The van der Waals surface area contributed by atoms with Crippen LogP contribution in [0.1, 0.15) is 18.1 Å². The first kappa shape index (κ1) is 27.3. The Morgan fingerprint density at radius 2 is 1.77 bits per heavy atom. The number of hydrogen-bond donors (Lipinski definition) is 2. The molecule has 0 saturated carbocycles. The maximum absolute atomic E-state index is 12.0. The first-order chi connectivity index (χ1) is 14.4. The molecule has 0 bridgehead atoms. The molecule has 2 rings (SSSR count). The van der Waals surface area contributed by atoms with Crippen molar-refractivity contribution in [3.8, 4) is 0 Å². The Hall–Kier alpha value is -1.78. The monoisotopic (exact) mass is 555 g/mol. The van der Waals surface area contributed by atoms with E-state index in [-0.39, 0.29) is 29.9 Å². The number of anilines is 1. The molecule has 8 heteroatoms. The van der Waals surface area contributed by atoms with E-state index in [1.807, 2.05) is 50.3 Å². The van der Waals surface area contributed by atoms with Crippen LogP contribution >= 0.6 is 35.7 Å². The summed E-state index contributed by atoms with van der Waals surface area (Å²) in [5.41, 5.74) is 3.08. The van der Waals surface area contributed by atoms with Crippen LogP contribution < -0.4 is 10.6 Å². The molecule has 0 radical (unpaired) electrons. The third-order valence-electron chi connectivity index (χ3n) is 4.36. The summed E-state index contributed by atoms with van der Waals surface area (Å²) in [6.07, 6.45) is 2.08. The lowest BCUT2D eigenvalue weighted by molar-refractivity contribution is -0.116. The van der Waals surface area contributed by atoms with Crippen molar-refractivity contribution in [2.24, 2.45) is 4.99 Å². The van der Waals surface area contributed by atoms with E-state index in [2.05, 4.69) is 53.0 Å². The summed E-state index contributed by atoms with van der Waals surface area (Å²) >= 11 is 1.75. The molecule has 6 nitrogen and oxygen atoms in total. The van der Waals surface area contributed by atoms with Crippen LogP contribution in [0.2, 0.25) is 0 Å². The van der Waals surface area contributed by atoms with E-state index in [4.69, 9.17) is 4.99 Å². The molecule has 31 heavy (non-hydrogen) atoms. The van der Waals surface area contributed by atoms with E-state index in [1.54, 1.807) is 11.8 Å². The highest BCUT2D eigenvalue weighted by Crippen LogP contribution is 2.16. The number of nitrogens with one attached hydrogen (secondary N) is 2. The van der Waals surface area contributed by atoms with Gasteiger partial charge in [0.1, 0.15) is 0 Å². The van der Waals surface area contributed by atoms with Gasteiger partial charge >= 0.3 is 0 Å². The van der Waals surface area contributed by atoms with Crippen molar-refractivity contribution < 1.29 is 4.79 Å². The lowest BCUT2D eigenvalue weighted by Gasteiger charge is -2.22. The largest absolute Gasteiger partial charge is 0.357 e. The Labute approximate surface area is 207 Å². The first-order valence-electron chi connectivity index (χ1n) is 10.1. The molecule has 0 aliphatic heterocycles. The fourth-order valence-electron chi connectivity index (χ4n) is 2.95. The number of halogens is 1. The molecule has 2 aromatic carbocycles. The van der Waals surface area contributed by atoms with Crippen LogP contribution in [0, 0.1) is 0 Å². The average Bonchev–Trinajstić information content (AvgIpc) is 2.71. The number of benzene rings is 2. The Bertz CT molecular complexity index is 842. The molecule has 0 heterocycles. The van der Waals surface area contributed by atoms with Gasteiger partial charge in [0, 0.05) is 30.7 Å². The summed E-state index contributed by atoms with van der Waals surface area (Å²) in [6.45, 7) is 4.54. The van der Waals surface area contributed by atoms with Crippen molar-refractivity contribution >= 4 is 53.3 Å². The number of carbonyl (C=O) groups is 1. The van der Waals surface area contributed by atoms with Crippen molar-refractivity contribution in [1.29, 1.82) is 0 Å². The molecule has 2 N–H and O–H groups in total. The first-order valence-corrected chi connectivity index (χ1v) is 11.3. The number of guanidine groups is 1. The van der Waals surface area contributed by atoms with Crippen molar-refractivity contribution in [2.75, 3.05) is 45.8 Å². The summed E-state index contributed by atoms with van der Waals surface area (Å²) in [5, 5.41) is 6.29. The molecule has 2 aromatic rings. The molecule has 1 amide bonds. The van der Waals surface area contributed by atoms with Crippen molar-refractivity contribution in [1.82, 2.24) is 15.1 Å². The molecule has 170 valence electrons. The predicted molar refractivity (Wildman–Crippen MR) is 144 cm³/mol.